The van der Waals surface area contributed by atoms with Crippen molar-refractivity contribution in [2.24, 2.45) is 5.92 Å². The first-order valence-corrected chi connectivity index (χ1v) is 7.89. The highest BCUT2D eigenvalue weighted by Crippen LogP contribution is 2.20. The Hall–Kier alpha value is -1.46. The Morgan fingerprint density at radius 1 is 1.43 bits per heavy atom. The topological polar surface area (TPSA) is 46.0 Å². The van der Waals surface area contributed by atoms with Gasteiger partial charge in [-0.25, -0.2) is 9.97 Å². The van der Waals surface area contributed by atoms with Crippen molar-refractivity contribution in [3.8, 4) is 0 Å². The number of fused-ring (bicyclic) bond motifs is 1. The Balaban J connectivity index is 1.86. The summed E-state index contributed by atoms with van der Waals surface area (Å²) in [7, 11) is 4.22. The third-order valence-corrected chi connectivity index (χ3v) is 4.22. The molecule has 2 aromatic heterocycles. The van der Waals surface area contributed by atoms with Gasteiger partial charge in [-0.3, -0.25) is 0 Å². The zero-order valence-corrected chi connectivity index (χ0v) is 13.0. The Labute approximate surface area is 126 Å². The molecular weight excluding hydrogens is 262 g/mol. The lowest BCUT2D eigenvalue weighted by molar-refractivity contribution is 0.356. The number of rotatable bonds is 5. The van der Waals surface area contributed by atoms with Gasteiger partial charge in [0.1, 0.15) is 11.3 Å². The lowest BCUT2D eigenvalue weighted by Gasteiger charge is -2.23. The van der Waals surface area contributed by atoms with E-state index >= 15 is 0 Å². The lowest BCUT2D eigenvalue weighted by Crippen LogP contribution is -2.31. The number of aromatic nitrogens is 3. The molecule has 0 spiro atoms. The summed E-state index contributed by atoms with van der Waals surface area (Å²) in [5, 5.41) is 3.50. The standard InChI is InChI=1S/C16H25N5/c1-20(2)9-10-21-15(11-13-5-3-7-17-12-13)19-14-6-4-8-18-16(14)21/h4,6,8,13,17H,3,5,7,9-12H2,1-2H3. The molecule has 0 amide bonds. The molecule has 5 nitrogen and oxygen atoms in total. The van der Waals surface area contributed by atoms with Crippen LogP contribution in [0.5, 0.6) is 0 Å². The molecule has 1 fully saturated rings. The van der Waals surface area contributed by atoms with Crippen LogP contribution in [0.4, 0.5) is 0 Å². The van der Waals surface area contributed by atoms with Crippen molar-refractivity contribution in [1.82, 2.24) is 24.8 Å². The van der Waals surface area contributed by atoms with Gasteiger partial charge in [-0.2, -0.15) is 0 Å². The summed E-state index contributed by atoms with van der Waals surface area (Å²) in [5.74, 6) is 1.90. The van der Waals surface area contributed by atoms with Crippen molar-refractivity contribution >= 4 is 11.2 Å². The minimum Gasteiger partial charge on any atom is -0.316 e. The molecule has 5 heteroatoms. The van der Waals surface area contributed by atoms with Gasteiger partial charge in [0.25, 0.3) is 0 Å². The van der Waals surface area contributed by atoms with E-state index in [1.807, 2.05) is 12.3 Å². The van der Waals surface area contributed by atoms with E-state index in [2.05, 4.69) is 39.9 Å². The van der Waals surface area contributed by atoms with E-state index in [0.29, 0.717) is 5.92 Å². The maximum atomic E-state index is 4.84. The van der Waals surface area contributed by atoms with Crippen molar-refractivity contribution < 1.29 is 0 Å². The van der Waals surface area contributed by atoms with E-state index in [1.165, 1.54) is 18.7 Å². The Bertz CT molecular complexity index is 583. The summed E-state index contributed by atoms with van der Waals surface area (Å²) in [4.78, 5) is 11.6. The maximum Gasteiger partial charge on any atom is 0.160 e. The highest BCUT2D eigenvalue weighted by molar-refractivity contribution is 5.71. The van der Waals surface area contributed by atoms with E-state index in [9.17, 15) is 0 Å². The number of nitrogens with one attached hydrogen (secondary N) is 1. The summed E-state index contributed by atoms with van der Waals surface area (Å²) in [6.45, 7) is 4.24. The summed E-state index contributed by atoms with van der Waals surface area (Å²) in [6.07, 6.45) is 5.50. The lowest BCUT2D eigenvalue weighted by atomic mass is 9.96. The molecule has 0 aliphatic carbocycles. The summed E-state index contributed by atoms with van der Waals surface area (Å²) in [5.41, 5.74) is 2.05. The summed E-state index contributed by atoms with van der Waals surface area (Å²) >= 11 is 0. The van der Waals surface area contributed by atoms with Crippen molar-refractivity contribution in [3.05, 3.63) is 24.2 Å². The number of hydrogen-bond acceptors (Lipinski definition) is 4. The molecule has 0 aromatic carbocycles. The molecule has 3 rings (SSSR count). The predicted molar refractivity (Wildman–Crippen MR) is 85.4 cm³/mol. The largest absolute Gasteiger partial charge is 0.316 e. The number of nitrogens with zero attached hydrogens (tertiary/aromatic N) is 4. The third kappa shape index (κ3) is 3.41. The molecular formula is C16H25N5. The second-order valence-corrected chi connectivity index (χ2v) is 6.25. The number of imidazole rings is 1. The quantitative estimate of drug-likeness (QED) is 0.906. The predicted octanol–water partition coefficient (Wildman–Crippen LogP) is 1.53. The number of hydrogen-bond donors (Lipinski definition) is 1. The van der Waals surface area contributed by atoms with Gasteiger partial charge >= 0.3 is 0 Å². The van der Waals surface area contributed by atoms with Crippen molar-refractivity contribution in [3.63, 3.8) is 0 Å². The molecule has 2 aromatic rings. The fraction of sp³-hybridized carbons (Fsp3) is 0.625. The molecule has 1 N–H and O–H groups in total. The first kappa shape index (κ1) is 14.5. The number of pyridine rings is 1. The molecule has 3 heterocycles. The Morgan fingerprint density at radius 2 is 2.33 bits per heavy atom. The molecule has 1 aliphatic rings. The van der Waals surface area contributed by atoms with Gasteiger partial charge in [0.2, 0.25) is 0 Å². The van der Waals surface area contributed by atoms with Crippen molar-refractivity contribution in [1.29, 1.82) is 0 Å². The van der Waals surface area contributed by atoms with Crippen LogP contribution in [-0.2, 0) is 13.0 Å². The average Bonchev–Trinajstić information content (AvgIpc) is 2.83. The average molecular weight is 287 g/mol. The second kappa shape index (κ2) is 6.54. The molecule has 0 radical (unpaired) electrons. The molecule has 1 saturated heterocycles. The Kier molecular flexibility index (Phi) is 4.51. The van der Waals surface area contributed by atoms with Crippen LogP contribution in [0.25, 0.3) is 11.2 Å². The van der Waals surface area contributed by atoms with Crippen LogP contribution < -0.4 is 5.32 Å². The smallest absolute Gasteiger partial charge is 0.160 e. The van der Waals surface area contributed by atoms with Crippen molar-refractivity contribution in [2.75, 3.05) is 33.7 Å². The van der Waals surface area contributed by atoms with Crippen LogP contribution in [0, 0.1) is 5.92 Å². The highest BCUT2D eigenvalue weighted by Gasteiger charge is 2.18. The number of piperidine rings is 1. The van der Waals surface area contributed by atoms with E-state index in [0.717, 1.165) is 43.8 Å². The molecule has 0 bridgehead atoms. The van der Waals surface area contributed by atoms with Crippen LogP contribution in [0.1, 0.15) is 18.7 Å². The second-order valence-electron chi connectivity index (χ2n) is 6.25. The van der Waals surface area contributed by atoms with E-state index < -0.39 is 0 Å². The van der Waals surface area contributed by atoms with E-state index in [4.69, 9.17) is 4.98 Å². The van der Waals surface area contributed by atoms with E-state index in [1.54, 1.807) is 0 Å². The van der Waals surface area contributed by atoms with Crippen molar-refractivity contribution in [2.45, 2.75) is 25.8 Å². The van der Waals surface area contributed by atoms with Gasteiger partial charge in [-0.15, -0.1) is 0 Å². The van der Waals surface area contributed by atoms with E-state index in [-0.39, 0.29) is 0 Å². The van der Waals surface area contributed by atoms with Gasteiger partial charge in [-0.1, -0.05) is 0 Å². The first-order valence-electron chi connectivity index (χ1n) is 7.89. The van der Waals surface area contributed by atoms with Gasteiger partial charge < -0.3 is 14.8 Å². The molecule has 0 saturated carbocycles. The fourth-order valence-electron chi connectivity index (χ4n) is 3.05. The van der Waals surface area contributed by atoms with Crippen LogP contribution in [-0.4, -0.2) is 53.2 Å². The van der Waals surface area contributed by atoms with Gasteiger partial charge in [0.05, 0.1) is 0 Å². The number of likely N-dealkylation sites (N-methyl/N-ethyl adjacent to an activating group) is 1. The molecule has 1 aliphatic heterocycles. The summed E-state index contributed by atoms with van der Waals surface area (Å²) in [6, 6.07) is 4.04. The van der Waals surface area contributed by atoms with Gasteiger partial charge in [-0.05, 0) is 58.1 Å². The SMILES string of the molecule is CN(C)CCn1c(CC2CCCNC2)nc2cccnc21. The summed E-state index contributed by atoms with van der Waals surface area (Å²) < 4.78 is 2.31. The van der Waals surface area contributed by atoms with Crippen LogP contribution >= 0.6 is 0 Å². The molecule has 1 atom stereocenters. The minimum atomic E-state index is 0.702. The van der Waals surface area contributed by atoms with Crippen LogP contribution in [0.15, 0.2) is 18.3 Å². The zero-order valence-electron chi connectivity index (χ0n) is 13.0. The Morgan fingerprint density at radius 3 is 3.10 bits per heavy atom. The maximum absolute atomic E-state index is 4.84. The third-order valence-electron chi connectivity index (χ3n) is 4.22. The molecule has 1 unspecified atom stereocenters. The fourth-order valence-corrected chi connectivity index (χ4v) is 3.05. The molecule has 114 valence electrons. The van der Waals surface area contributed by atoms with Crippen LogP contribution in [0.2, 0.25) is 0 Å². The molecule has 21 heavy (non-hydrogen) atoms. The zero-order chi connectivity index (χ0) is 14.7. The minimum absolute atomic E-state index is 0.702. The monoisotopic (exact) mass is 287 g/mol. The van der Waals surface area contributed by atoms with Gasteiger partial charge in [0.15, 0.2) is 5.65 Å². The van der Waals surface area contributed by atoms with Gasteiger partial charge in [0, 0.05) is 25.7 Å². The normalized spacial score (nSPS) is 19.5. The first-order chi connectivity index (χ1) is 10.2. The highest BCUT2D eigenvalue weighted by atomic mass is 15.2. The van der Waals surface area contributed by atoms with Crippen LogP contribution in [0.3, 0.4) is 0 Å².